The van der Waals surface area contributed by atoms with Gasteiger partial charge in [-0.05, 0) is 31.7 Å². The molecule has 3 aliphatic heterocycles. The molecule has 4 aliphatic rings. The van der Waals surface area contributed by atoms with Crippen LogP contribution in [0.3, 0.4) is 0 Å². The lowest BCUT2D eigenvalue weighted by molar-refractivity contribution is -0.131. The van der Waals surface area contributed by atoms with E-state index in [1.165, 1.54) is 4.91 Å². The molecule has 2 unspecified atom stereocenters. The van der Waals surface area contributed by atoms with Crippen LogP contribution in [-0.4, -0.2) is 21.8 Å². The van der Waals surface area contributed by atoms with Crippen molar-refractivity contribution < 1.29 is 9.53 Å². The Morgan fingerprint density at radius 2 is 2.04 bits per heavy atom. The second kappa shape index (κ2) is 4.79. The quantitative estimate of drug-likeness (QED) is 0.507. The molecule has 1 aliphatic carbocycles. The summed E-state index contributed by atoms with van der Waals surface area (Å²) < 4.78 is 5.58. The van der Waals surface area contributed by atoms with Crippen LogP contribution in [0.1, 0.15) is 32.3 Å². The van der Waals surface area contributed by atoms with E-state index in [1.54, 1.807) is 11.8 Å². The van der Waals surface area contributed by atoms with E-state index in [2.05, 4.69) is 26.0 Å². The normalized spacial score (nSPS) is 36.3. The van der Waals surface area contributed by atoms with Crippen molar-refractivity contribution in [3.05, 3.63) is 51.3 Å². The van der Waals surface area contributed by atoms with Crippen molar-refractivity contribution >= 4 is 34.5 Å². The fraction of sp³-hybridized carbons (Fsp3) is 0.368. The maximum absolute atomic E-state index is 12.9. The molecule has 0 amide bonds. The molecular formula is C19H17NO2S2. The number of nitrogens with zero attached hydrogens (tertiary/aromatic N) is 1. The molecule has 122 valence electrons. The van der Waals surface area contributed by atoms with Gasteiger partial charge in [0.25, 0.3) is 0 Å². The van der Waals surface area contributed by atoms with Crippen LogP contribution in [-0.2, 0) is 4.79 Å². The Balaban J connectivity index is 1.81. The summed E-state index contributed by atoms with van der Waals surface area (Å²) in [6.07, 6.45) is 2.36. The summed E-state index contributed by atoms with van der Waals surface area (Å²) in [7, 11) is 0. The van der Waals surface area contributed by atoms with Crippen LogP contribution in [0.5, 0.6) is 5.75 Å². The van der Waals surface area contributed by atoms with Crippen LogP contribution in [0.2, 0.25) is 0 Å². The van der Waals surface area contributed by atoms with Crippen LogP contribution in [0.25, 0.3) is 0 Å². The monoisotopic (exact) mass is 355 g/mol. The first-order valence-electron chi connectivity index (χ1n) is 8.14. The van der Waals surface area contributed by atoms with Crippen LogP contribution < -0.4 is 4.74 Å². The standard InChI is InChI=1S/C19H17NO2S2/c1-9-8-12-16-17(23-10(2)20-16)14-15(19(12,3)24-9)11-6-4-5-7-13(11)22-18(14)21/h4-8,12,15-16H,1-3H3/t12?,15-,16?,19-/m0/s1. The molecule has 0 bridgehead atoms. The zero-order chi connectivity index (χ0) is 16.6. The Kier molecular flexibility index (Phi) is 2.97. The van der Waals surface area contributed by atoms with Crippen molar-refractivity contribution in [1.82, 2.24) is 0 Å². The predicted molar refractivity (Wildman–Crippen MR) is 99.6 cm³/mol. The van der Waals surface area contributed by atoms with Crippen molar-refractivity contribution in [1.29, 1.82) is 0 Å². The predicted octanol–water partition coefficient (Wildman–Crippen LogP) is 4.52. The van der Waals surface area contributed by atoms with Crippen LogP contribution in [0, 0.1) is 5.92 Å². The maximum Gasteiger partial charge on any atom is 0.341 e. The van der Waals surface area contributed by atoms with Gasteiger partial charge in [-0.15, -0.1) is 11.8 Å². The highest BCUT2D eigenvalue weighted by Crippen LogP contribution is 2.65. The van der Waals surface area contributed by atoms with Crippen molar-refractivity contribution in [2.24, 2.45) is 10.9 Å². The Morgan fingerprint density at radius 3 is 2.88 bits per heavy atom. The SMILES string of the molecule is CC1=CC2C3N=C(C)SC3=C3C(=O)Oc4ccccc4[C@@H]3[C@@]2(C)S1. The average Bonchev–Trinajstić information content (AvgIpc) is 3.05. The fourth-order valence-electron chi connectivity index (χ4n) is 4.56. The van der Waals surface area contributed by atoms with Gasteiger partial charge in [-0.25, -0.2) is 4.79 Å². The third kappa shape index (κ3) is 1.77. The topological polar surface area (TPSA) is 38.7 Å². The molecule has 3 heterocycles. The van der Waals surface area contributed by atoms with Gasteiger partial charge in [0.2, 0.25) is 0 Å². The van der Waals surface area contributed by atoms with E-state index in [0.29, 0.717) is 11.7 Å². The third-order valence-electron chi connectivity index (χ3n) is 5.42. The molecule has 0 spiro atoms. The number of benzene rings is 1. The summed E-state index contributed by atoms with van der Waals surface area (Å²) in [6.45, 7) is 6.49. The number of ether oxygens (including phenoxy) is 1. The van der Waals surface area contributed by atoms with E-state index in [9.17, 15) is 4.79 Å². The number of esters is 1. The van der Waals surface area contributed by atoms with Gasteiger partial charge in [-0.1, -0.05) is 36.0 Å². The van der Waals surface area contributed by atoms with Gasteiger partial charge in [0.05, 0.1) is 16.7 Å². The second-order valence-electron chi connectivity index (χ2n) is 6.92. The molecule has 24 heavy (non-hydrogen) atoms. The Morgan fingerprint density at radius 1 is 1.25 bits per heavy atom. The van der Waals surface area contributed by atoms with Gasteiger partial charge in [0, 0.05) is 27.1 Å². The molecule has 0 N–H and O–H groups in total. The molecule has 5 rings (SSSR count). The lowest BCUT2D eigenvalue weighted by Crippen LogP contribution is -2.48. The molecule has 5 heteroatoms. The molecule has 3 nitrogen and oxygen atoms in total. The summed E-state index contributed by atoms with van der Waals surface area (Å²) in [5, 5.41) is 1.04. The van der Waals surface area contributed by atoms with Gasteiger partial charge in [0.1, 0.15) is 5.75 Å². The molecule has 4 atom stereocenters. The fourth-order valence-corrected chi connectivity index (χ4v) is 7.28. The number of carbonyl (C=O) groups is 1. The minimum atomic E-state index is -0.194. The molecule has 0 saturated heterocycles. The number of rotatable bonds is 0. The summed E-state index contributed by atoms with van der Waals surface area (Å²) in [4.78, 5) is 20.2. The minimum Gasteiger partial charge on any atom is -0.423 e. The van der Waals surface area contributed by atoms with Gasteiger partial charge >= 0.3 is 5.97 Å². The van der Waals surface area contributed by atoms with E-state index in [0.717, 1.165) is 21.1 Å². The highest BCUT2D eigenvalue weighted by Gasteiger charge is 2.59. The molecule has 1 aromatic rings. The maximum atomic E-state index is 12.9. The summed E-state index contributed by atoms with van der Waals surface area (Å²) >= 11 is 3.55. The highest BCUT2D eigenvalue weighted by molar-refractivity contribution is 8.17. The smallest absolute Gasteiger partial charge is 0.341 e. The summed E-state index contributed by atoms with van der Waals surface area (Å²) in [5.74, 6) is 0.885. The number of thioether (sulfide) groups is 2. The summed E-state index contributed by atoms with van der Waals surface area (Å²) in [5.41, 5.74) is 1.96. The number of hydrogen-bond acceptors (Lipinski definition) is 5. The lowest BCUT2D eigenvalue weighted by Gasteiger charge is -2.47. The van der Waals surface area contributed by atoms with E-state index < -0.39 is 0 Å². The van der Waals surface area contributed by atoms with Gasteiger partial charge < -0.3 is 4.74 Å². The number of fused-ring (bicyclic) bond motifs is 7. The van der Waals surface area contributed by atoms with Crippen molar-refractivity contribution in [2.45, 2.75) is 37.5 Å². The van der Waals surface area contributed by atoms with Gasteiger partial charge in [-0.3, -0.25) is 4.99 Å². The number of allylic oxidation sites excluding steroid dienone is 1. The van der Waals surface area contributed by atoms with Crippen molar-refractivity contribution in [3.8, 4) is 5.75 Å². The lowest BCUT2D eigenvalue weighted by atomic mass is 9.66. The van der Waals surface area contributed by atoms with E-state index in [1.807, 2.05) is 36.9 Å². The van der Waals surface area contributed by atoms with Gasteiger partial charge in [-0.2, -0.15) is 0 Å². The zero-order valence-corrected chi connectivity index (χ0v) is 15.3. The number of hydrogen-bond donors (Lipinski definition) is 0. The Hall–Kier alpha value is -1.46. The molecule has 0 aromatic heterocycles. The van der Waals surface area contributed by atoms with Crippen LogP contribution in [0.15, 0.2) is 50.7 Å². The molecule has 0 radical (unpaired) electrons. The van der Waals surface area contributed by atoms with Crippen LogP contribution in [0.4, 0.5) is 0 Å². The molecular weight excluding hydrogens is 338 g/mol. The molecule has 0 fully saturated rings. The van der Waals surface area contributed by atoms with E-state index in [-0.39, 0.29) is 22.7 Å². The van der Waals surface area contributed by atoms with Gasteiger partial charge in [0.15, 0.2) is 0 Å². The average molecular weight is 355 g/mol. The first-order chi connectivity index (χ1) is 11.5. The Bertz CT molecular complexity index is 885. The third-order valence-corrected chi connectivity index (χ3v) is 7.91. The second-order valence-corrected chi connectivity index (χ2v) is 9.88. The van der Waals surface area contributed by atoms with E-state index in [4.69, 9.17) is 9.73 Å². The van der Waals surface area contributed by atoms with Crippen molar-refractivity contribution in [3.63, 3.8) is 0 Å². The first kappa shape index (κ1) is 14.8. The largest absolute Gasteiger partial charge is 0.423 e. The number of carbonyl (C=O) groups excluding carboxylic acids is 1. The minimum absolute atomic E-state index is 0.0542. The molecule has 1 aromatic carbocycles. The Labute approximate surface area is 149 Å². The van der Waals surface area contributed by atoms with Crippen LogP contribution >= 0.6 is 23.5 Å². The number of para-hydroxylation sites is 1. The highest BCUT2D eigenvalue weighted by atomic mass is 32.2. The van der Waals surface area contributed by atoms with Crippen molar-refractivity contribution in [2.75, 3.05) is 0 Å². The first-order valence-corrected chi connectivity index (χ1v) is 9.77. The van der Waals surface area contributed by atoms with E-state index >= 15 is 0 Å². The zero-order valence-electron chi connectivity index (χ0n) is 13.7. The molecule has 0 saturated carbocycles. The number of aliphatic imine (C=N–C) groups is 1. The summed E-state index contributed by atoms with van der Waals surface area (Å²) in [6, 6.07) is 8.04.